The number of hydrogen-bond acceptors (Lipinski definition) is 5. The van der Waals surface area contributed by atoms with E-state index in [-0.39, 0.29) is 24.0 Å². The highest BCUT2D eigenvalue weighted by Crippen LogP contribution is 2.28. The molecule has 172 valence electrons. The number of ether oxygens (including phenoxy) is 3. The van der Waals surface area contributed by atoms with Crippen molar-refractivity contribution in [2.45, 2.75) is 32.2 Å². The van der Waals surface area contributed by atoms with Crippen LogP contribution in [-0.2, 0) is 11.2 Å². The van der Waals surface area contributed by atoms with Crippen LogP contribution >= 0.6 is 24.0 Å². The molecule has 0 aliphatic heterocycles. The Morgan fingerprint density at radius 3 is 2.43 bits per heavy atom. The Morgan fingerprint density at radius 1 is 1.10 bits per heavy atom. The molecule has 1 aromatic rings. The smallest absolute Gasteiger partial charge is 0.193 e. The van der Waals surface area contributed by atoms with Gasteiger partial charge in [0.1, 0.15) is 0 Å². The Hall–Kier alpha value is -1.26. The molecule has 0 atom stereocenters. The number of benzene rings is 1. The van der Waals surface area contributed by atoms with E-state index in [2.05, 4.69) is 35.2 Å². The molecule has 0 radical (unpaired) electrons. The molecular formula is C22H39IN4O3. The van der Waals surface area contributed by atoms with Crippen molar-refractivity contribution < 1.29 is 14.2 Å². The normalized spacial score (nSPS) is 13.7. The number of rotatable bonds is 13. The zero-order valence-electron chi connectivity index (χ0n) is 19.1. The minimum atomic E-state index is 0. The topological polar surface area (TPSA) is 58.6 Å². The Kier molecular flexibility index (Phi) is 13.1. The SMILES string of the molecule is CCNC(=NCCN(CCOC)C1CC1)N(C)CCc1ccc(OC)c(OC)c1.I. The quantitative estimate of drug-likeness (QED) is 0.239. The van der Waals surface area contributed by atoms with Gasteiger partial charge in [0.2, 0.25) is 0 Å². The second-order valence-electron chi connectivity index (χ2n) is 7.36. The van der Waals surface area contributed by atoms with Crippen LogP contribution in [0, 0.1) is 0 Å². The van der Waals surface area contributed by atoms with Crippen LogP contribution in [0.3, 0.4) is 0 Å². The van der Waals surface area contributed by atoms with Gasteiger partial charge < -0.3 is 24.4 Å². The second kappa shape index (κ2) is 14.7. The van der Waals surface area contributed by atoms with Crippen molar-refractivity contribution in [3.8, 4) is 11.5 Å². The number of guanidine groups is 1. The van der Waals surface area contributed by atoms with E-state index >= 15 is 0 Å². The first-order valence-electron chi connectivity index (χ1n) is 10.6. The van der Waals surface area contributed by atoms with Gasteiger partial charge in [0.25, 0.3) is 0 Å². The summed E-state index contributed by atoms with van der Waals surface area (Å²) in [7, 11) is 7.18. The Bertz CT molecular complexity index is 641. The van der Waals surface area contributed by atoms with Crippen molar-refractivity contribution >= 4 is 29.9 Å². The van der Waals surface area contributed by atoms with Crippen LogP contribution in [0.5, 0.6) is 11.5 Å². The van der Waals surface area contributed by atoms with Gasteiger partial charge in [-0.15, -0.1) is 24.0 Å². The van der Waals surface area contributed by atoms with Crippen LogP contribution in [-0.4, -0.2) is 89.5 Å². The molecular weight excluding hydrogens is 495 g/mol. The number of methoxy groups -OCH3 is 3. The fourth-order valence-corrected chi connectivity index (χ4v) is 3.32. The van der Waals surface area contributed by atoms with Crippen LogP contribution in [0.2, 0.25) is 0 Å². The average molecular weight is 534 g/mol. The molecule has 1 aliphatic carbocycles. The fourth-order valence-electron chi connectivity index (χ4n) is 3.32. The van der Waals surface area contributed by atoms with Crippen LogP contribution in [0.25, 0.3) is 0 Å². The van der Waals surface area contributed by atoms with E-state index in [4.69, 9.17) is 19.2 Å². The molecule has 2 rings (SSSR count). The Labute approximate surface area is 199 Å². The van der Waals surface area contributed by atoms with E-state index in [0.29, 0.717) is 0 Å². The molecule has 0 spiro atoms. The maximum absolute atomic E-state index is 5.41. The molecule has 1 N–H and O–H groups in total. The van der Waals surface area contributed by atoms with Crippen LogP contribution < -0.4 is 14.8 Å². The summed E-state index contributed by atoms with van der Waals surface area (Å²) in [4.78, 5) is 9.54. The van der Waals surface area contributed by atoms with E-state index in [1.165, 1.54) is 18.4 Å². The van der Waals surface area contributed by atoms with Gasteiger partial charge in [-0.2, -0.15) is 0 Å². The molecule has 0 bridgehead atoms. The van der Waals surface area contributed by atoms with Gasteiger partial charge in [-0.05, 0) is 43.9 Å². The molecule has 1 aliphatic rings. The minimum Gasteiger partial charge on any atom is -0.493 e. The zero-order valence-corrected chi connectivity index (χ0v) is 21.5. The third-order valence-corrected chi connectivity index (χ3v) is 5.17. The molecule has 0 saturated heterocycles. The van der Waals surface area contributed by atoms with Gasteiger partial charge in [-0.25, -0.2) is 0 Å². The fraction of sp³-hybridized carbons (Fsp3) is 0.682. The highest BCUT2D eigenvalue weighted by Gasteiger charge is 2.28. The van der Waals surface area contributed by atoms with Gasteiger partial charge in [0.15, 0.2) is 17.5 Å². The first-order valence-corrected chi connectivity index (χ1v) is 10.6. The summed E-state index contributed by atoms with van der Waals surface area (Å²) in [6.07, 6.45) is 3.51. The molecule has 30 heavy (non-hydrogen) atoms. The number of likely N-dealkylation sites (N-methyl/N-ethyl adjacent to an activating group) is 1. The maximum Gasteiger partial charge on any atom is 0.193 e. The third-order valence-electron chi connectivity index (χ3n) is 5.17. The molecule has 0 amide bonds. The minimum absolute atomic E-state index is 0. The van der Waals surface area contributed by atoms with Crippen LogP contribution in [0.15, 0.2) is 23.2 Å². The van der Waals surface area contributed by atoms with Crippen molar-refractivity contribution in [3.05, 3.63) is 23.8 Å². The lowest BCUT2D eigenvalue weighted by Crippen LogP contribution is -2.40. The first-order chi connectivity index (χ1) is 14.1. The van der Waals surface area contributed by atoms with Gasteiger partial charge >= 0.3 is 0 Å². The van der Waals surface area contributed by atoms with E-state index < -0.39 is 0 Å². The molecule has 1 saturated carbocycles. The summed E-state index contributed by atoms with van der Waals surface area (Å²) >= 11 is 0. The molecule has 1 aromatic carbocycles. The Morgan fingerprint density at radius 2 is 1.83 bits per heavy atom. The lowest BCUT2D eigenvalue weighted by Gasteiger charge is -2.24. The highest BCUT2D eigenvalue weighted by atomic mass is 127. The second-order valence-corrected chi connectivity index (χ2v) is 7.36. The van der Waals surface area contributed by atoms with Gasteiger partial charge in [-0.3, -0.25) is 9.89 Å². The van der Waals surface area contributed by atoms with Crippen LogP contribution in [0.1, 0.15) is 25.3 Å². The average Bonchev–Trinajstić information content (AvgIpc) is 3.58. The summed E-state index contributed by atoms with van der Waals surface area (Å²) in [5.41, 5.74) is 1.21. The predicted octanol–water partition coefficient (Wildman–Crippen LogP) is 2.87. The lowest BCUT2D eigenvalue weighted by molar-refractivity contribution is 0.145. The molecule has 8 heteroatoms. The van der Waals surface area contributed by atoms with E-state index in [9.17, 15) is 0 Å². The summed E-state index contributed by atoms with van der Waals surface area (Å²) in [6, 6.07) is 6.81. The maximum atomic E-state index is 5.41. The number of halogens is 1. The van der Waals surface area contributed by atoms with Gasteiger partial charge in [0.05, 0.1) is 27.4 Å². The summed E-state index contributed by atoms with van der Waals surface area (Å²) in [5, 5.41) is 3.41. The number of aliphatic imine (C=N–C) groups is 1. The number of nitrogens with zero attached hydrogens (tertiary/aromatic N) is 3. The van der Waals surface area contributed by atoms with Crippen molar-refractivity contribution in [2.24, 2.45) is 4.99 Å². The molecule has 0 aromatic heterocycles. The largest absolute Gasteiger partial charge is 0.493 e. The summed E-state index contributed by atoms with van der Waals surface area (Å²) in [5.74, 6) is 2.48. The van der Waals surface area contributed by atoms with E-state index in [0.717, 1.165) is 69.3 Å². The predicted molar refractivity (Wildman–Crippen MR) is 134 cm³/mol. The number of nitrogens with one attached hydrogen (secondary N) is 1. The summed E-state index contributed by atoms with van der Waals surface area (Å²) in [6.45, 7) is 7.38. The van der Waals surface area contributed by atoms with E-state index in [1.807, 2.05) is 12.1 Å². The monoisotopic (exact) mass is 534 g/mol. The number of hydrogen-bond donors (Lipinski definition) is 1. The molecule has 1 fully saturated rings. The van der Waals surface area contributed by atoms with Gasteiger partial charge in [-0.1, -0.05) is 6.07 Å². The van der Waals surface area contributed by atoms with Crippen molar-refractivity contribution in [1.29, 1.82) is 0 Å². The summed E-state index contributed by atoms with van der Waals surface area (Å²) < 4.78 is 16.0. The third kappa shape index (κ3) is 8.85. The Balaban J connectivity index is 0.00000450. The molecule has 0 unspecified atom stereocenters. The van der Waals surface area contributed by atoms with Gasteiger partial charge in [0, 0.05) is 46.4 Å². The van der Waals surface area contributed by atoms with Crippen molar-refractivity contribution in [2.75, 3.05) is 67.7 Å². The van der Waals surface area contributed by atoms with Crippen molar-refractivity contribution in [1.82, 2.24) is 15.1 Å². The highest BCUT2D eigenvalue weighted by molar-refractivity contribution is 14.0. The zero-order chi connectivity index (χ0) is 21.1. The lowest BCUT2D eigenvalue weighted by atomic mass is 10.1. The first kappa shape index (κ1) is 26.8. The van der Waals surface area contributed by atoms with E-state index in [1.54, 1.807) is 21.3 Å². The standard InChI is InChI=1S/C22H38N4O3.HI/c1-6-23-22(24-12-14-26(15-16-27-3)19-8-9-19)25(2)13-11-18-7-10-20(28-4)21(17-18)29-5;/h7,10,17,19H,6,8-9,11-16H2,1-5H3,(H,23,24);1H. The van der Waals surface area contributed by atoms with Crippen molar-refractivity contribution in [3.63, 3.8) is 0 Å². The van der Waals surface area contributed by atoms with Crippen LogP contribution in [0.4, 0.5) is 0 Å². The molecule has 7 nitrogen and oxygen atoms in total. The molecule has 0 heterocycles.